The first-order chi connectivity index (χ1) is 7.66. The van der Waals surface area contributed by atoms with Crippen molar-refractivity contribution in [3.05, 3.63) is 0 Å². The van der Waals surface area contributed by atoms with E-state index in [1.165, 1.54) is 38.8 Å². The van der Waals surface area contributed by atoms with Crippen LogP contribution >= 0.6 is 0 Å². The fourth-order valence-electron chi connectivity index (χ4n) is 2.70. The predicted molar refractivity (Wildman–Crippen MR) is 68.5 cm³/mol. The van der Waals surface area contributed by atoms with Gasteiger partial charge in [0, 0.05) is 13.7 Å². The highest BCUT2D eigenvalue weighted by atomic mass is 16.5. The largest absolute Gasteiger partial charge is 0.383 e. The Hall–Kier alpha value is -0.120. The molecular weight excluding hydrogens is 200 g/mol. The molecule has 0 aromatic carbocycles. The van der Waals surface area contributed by atoms with E-state index < -0.39 is 0 Å². The average Bonchev–Trinajstić information content (AvgIpc) is 2.54. The first-order valence-electron chi connectivity index (χ1n) is 6.60. The van der Waals surface area contributed by atoms with Crippen LogP contribution in [0.15, 0.2) is 0 Å². The molecule has 3 heteroatoms. The van der Waals surface area contributed by atoms with Gasteiger partial charge in [-0.3, -0.25) is 4.90 Å². The molecule has 2 atom stereocenters. The molecule has 0 aromatic heterocycles. The zero-order chi connectivity index (χ0) is 12.0. The smallest absolute Gasteiger partial charge is 0.0656 e. The van der Waals surface area contributed by atoms with Crippen LogP contribution in [0.3, 0.4) is 0 Å². The number of hydrogen-bond acceptors (Lipinski definition) is 3. The van der Waals surface area contributed by atoms with Crippen molar-refractivity contribution in [2.75, 3.05) is 33.4 Å². The average molecular weight is 228 g/mol. The van der Waals surface area contributed by atoms with E-state index in [9.17, 15) is 0 Å². The van der Waals surface area contributed by atoms with Crippen molar-refractivity contribution in [1.82, 2.24) is 4.90 Å². The number of likely N-dealkylation sites (tertiary alicyclic amines) is 1. The van der Waals surface area contributed by atoms with Gasteiger partial charge in [0.05, 0.1) is 12.1 Å². The Morgan fingerprint density at radius 3 is 2.69 bits per heavy atom. The van der Waals surface area contributed by atoms with Gasteiger partial charge in [0.2, 0.25) is 0 Å². The van der Waals surface area contributed by atoms with Gasteiger partial charge in [-0.15, -0.1) is 0 Å². The fraction of sp³-hybridized carbons (Fsp3) is 1.00. The summed E-state index contributed by atoms with van der Waals surface area (Å²) >= 11 is 0. The second-order valence-electron chi connectivity index (χ2n) is 5.33. The van der Waals surface area contributed by atoms with Gasteiger partial charge in [-0.1, -0.05) is 13.3 Å². The van der Waals surface area contributed by atoms with E-state index in [0.717, 1.165) is 12.5 Å². The molecule has 1 heterocycles. The van der Waals surface area contributed by atoms with Crippen molar-refractivity contribution in [2.45, 2.75) is 45.1 Å². The third-order valence-electron chi connectivity index (χ3n) is 4.08. The molecule has 0 aliphatic carbocycles. The van der Waals surface area contributed by atoms with E-state index in [1.807, 2.05) is 0 Å². The van der Waals surface area contributed by atoms with Crippen LogP contribution in [0.2, 0.25) is 0 Å². The zero-order valence-electron chi connectivity index (χ0n) is 11.2. The molecule has 1 fully saturated rings. The molecule has 16 heavy (non-hydrogen) atoms. The molecule has 2 unspecified atom stereocenters. The van der Waals surface area contributed by atoms with Crippen LogP contribution in [0.1, 0.15) is 39.5 Å². The Balaban J connectivity index is 2.57. The lowest BCUT2D eigenvalue weighted by molar-refractivity contribution is 0.0284. The second-order valence-corrected chi connectivity index (χ2v) is 5.33. The van der Waals surface area contributed by atoms with Gasteiger partial charge in [-0.25, -0.2) is 0 Å². The fourth-order valence-corrected chi connectivity index (χ4v) is 2.70. The molecule has 1 aliphatic heterocycles. The third-order valence-corrected chi connectivity index (χ3v) is 4.08. The summed E-state index contributed by atoms with van der Waals surface area (Å²) in [5, 5.41) is 0. The molecule has 1 rings (SSSR count). The SMILES string of the molecule is CCC1CCCN(C(C)(CN)COC)CC1. The van der Waals surface area contributed by atoms with Crippen LogP contribution in [0.4, 0.5) is 0 Å². The molecule has 0 aromatic rings. The Kier molecular flexibility index (Phi) is 5.73. The lowest BCUT2D eigenvalue weighted by Gasteiger charge is -2.39. The van der Waals surface area contributed by atoms with E-state index in [4.69, 9.17) is 10.5 Å². The molecule has 96 valence electrons. The minimum absolute atomic E-state index is 0.0252. The Morgan fingerprint density at radius 2 is 2.12 bits per heavy atom. The molecule has 3 nitrogen and oxygen atoms in total. The molecular formula is C13H28N2O. The minimum atomic E-state index is 0.0252. The summed E-state index contributed by atoms with van der Waals surface area (Å²) < 4.78 is 5.32. The summed E-state index contributed by atoms with van der Waals surface area (Å²) in [6.45, 7) is 8.29. The highest BCUT2D eigenvalue weighted by Crippen LogP contribution is 2.25. The number of methoxy groups -OCH3 is 1. The topological polar surface area (TPSA) is 38.5 Å². The van der Waals surface area contributed by atoms with Gasteiger partial charge < -0.3 is 10.5 Å². The lowest BCUT2D eigenvalue weighted by atomic mass is 9.98. The predicted octanol–water partition coefficient (Wildman–Crippen LogP) is 1.86. The quantitative estimate of drug-likeness (QED) is 0.780. The van der Waals surface area contributed by atoms with Gasteiger partial charge in [-0.05, 0) is 45.2 Å². The second kappa shape index (κ2) is 6.58. The Bertz CT molecular complexity index is 198. The van der Waals surface area contributed by atoms with Crippen molar-refractivity contribution in [2.24, 2.45) is 11.7 Å². The maximum Gasteiger partial charge on any atom is 0.0656 e. The molecule has 2 N–H and O–H groups in total. The molecule has 1 aliphatic rings. The summed E-state index contributed by atoms with van der Waals surface area (Å²) in [7, 11) is 1.76. The summed E-state index contributed by atoms with van der Waals surface area (Å²) in [4.78, 5) is 2.53. The highest BCUT2D eigenvalue weighted by molar-refractivity contribution is 4.88. The minimum Gasteiger partial charge on any atom is -0.383 e. The van der Waals surface area contributed by atoms with E-state index in [1.54, 1.807) is 7.11 Å². The van der Waals surface area contributed by atoms with Crippen LogP contribution in [-0.2, 0) is 4.74 Å². The van der Waals surface area contributed by atoms with Crippen molar-refractivity contribution < 1.29 is 4.74 Å². The Labute approximate surface area is 100 Å². The first kappa shape index (κ1) is 13.9. The van der Waals surface area contributed by atoms with Crippen LogP contribution in [0.25, 0.3) is 0 Å². The van der Waals surface area contributed by atoms with Crippen LogP contribution < -0.4 is 5.73 Å². The molecule has 0 saturated carbocycles. The molecule has 0 spiro atoms. The van der Waals surface area contributed by atoms with Gasteiger partial charge >= 0.3 is 0 Å². The summed E-state index contributed by atoms with van der Waals surface area (Å²) in [5.74, 6) is 0.912. The summed E-state index contributed by atoms with van der Waals surface area (Å²) in [6, 6.07) is 0. The number of nitrogens with two attached hydrogens (primary N) is 1. The molecule has 0 bridgehead atoms. The lowest BCUT2D eigenvalue weighted by Crippen LogP contribution is -2.55. The van der Waals surface area contributed by atoms with Crippen molar-refractivity contribution in [1.29, 1.82) is 0 Å². The van der Waals surface area contributed by atoms with Crippen molar-refractivity contribution in [3.8, 4) is 0 Å². The van der Waals surface area contributed by atoms with Gasteiger partial charge in [0.15, 0.2) is 0 Å². The molecule has 0 amide bonds. The van der Waals surface area contributed by atoms with E-state index >= 15 is 0 Å². The first-order valence-corrected chi connectivity index (χ1v) is 6.60. The van der Waals surface area contributed by atoms with E-state index in [0.29, 0.717) is 6.54 Å². The van der Waals surface area contributed by atoms with Crippen molar-refractivity contribution >= 4 is 0 Å². The normalized spacial score (nSPS) is 27.4. The number of ether oxygens (including phenoxy) is 1. The van der Waals surface area contributed by atoms with Gasteiger partial charge in [-0.2, -0.15) is 0 Å². The maximum atomic E-state index is 5.92. The highest BCUT2D eigenvalue weighted by Gasteiger charge is 2.31. The van der Waals surface area contributed by atoms with Gasteiger partial charge in [0.1, 0.15) is 0 Å². The number of hydrogen-bond donors (Lipinski definition) is 1. The summed E-state index contributed by atoms with van der Waals surface area (Å²) in [5.41, 5.74) is 5.95. The Morgan fingerprint density at radius 1 is 1.38 bits per heavy atom. The summed E-state index contributed by atoms with van der Waals surface area (Å²) in [6.07, 6.45) is 5.31. The van der Waals surface area contributed by atoms with Crippen LogP contribution in [0.5, 0.6) is 0 Å². The van der Waals surface area contributed by atoms with Crippen LogP contribution in [0, 0.1) is 5.92 Å². The van der Waals surface area contributed by atoms with Crippen LogP contribution in [-0.4, -0.2) is 43.8 Å². The third kappa shape index (κ3) is 3.44. The monoisotopic (exact) mass is 228 g/mol. The molecule has 1 saturated heterocycles. The zero-order valence-corrected chi connectivity index (χ0v) is 11.2. The van der Waals surface area contributed by atoms with Crippen molar-refractivity contribution in [3.63, 3.8) is 0 Å². The van der Waals surface area contributed by atoms with E-state index in [-0.39, 0.29) is 5.54 Å². The number of nitrogens with zero attached hydrogens (tertiary/aromatic N) is 1. The van der Waals surface area contributed by atoms with E-state index in [2.05, 4.69) is 18.7 Å². The molecule has 0 radical (unpaired) electrons. The maximum absolute atomic E-state index is 5.92. The van der Waals surface area contributed by atoms with Gasteiger partial charge in [0.25, 0.3) is 0 Å². The number of rotatable bonds is 5. The standard InChI is InChI=1S/C13H28N2O/c1-4-12-6-5-8-15(9-7-12)13(2,10-14)11-16-3/h12H,4-11,14H2,1-3H3.